The van der Waals surface area contributed by atoms with Gasteiger partial charge in [-0.25, -0.2) is 0 Å². The second kappa shape index (κ2) is 5.32. The number of alkyl halides is 3. The number of ether oxygens (including phenoxy) is 1. The van der Waals surface area contributed by atoms with Gasteiger partial charge < -0.3 is 4.74 Å². The molecular weight excluding hydrogens is 271 g/mol. The molecule has 0 aliphatic rings. The minimum Gasteiger partial charge on any atom is -0.406 e. The van der Waals surface area contributed by atoms with Crippen LogP contribution in [-0.4, -0.2) is 17.6 Å². The minimum absolute atomic E-state index is 0.283. The molecule has 3 nitrogen and oxygen atoms in total. The first-order valence-corrected chi connectivity index (χ1v) is 5.67. The molecule has 104 valence electrons. The summed E-state index contributed by atoms with van der Waals surface area (Å²) in [5.41, 5.74) is 1.95. The van der Waals surface area contributed by atoms with E-state index in [1.807, 2.05) is 0 Å². The molecule has 0 saturated heterocycles. The van der Waals surface area contributed by atoms with Crippen molar-refractivity contribution in [3.8, 4) is 16.9 Å². The Labute approximate surface area is 113 Å². The van der Waals surface area contributed by atoms with Crippen molar-refractivity contribution in [1.82, 2.24) is 4.98 Å². The Morgan fingerprint density at radius 3 is 2.55 bits per heavy atom. The highest BCUT2D eigenvalue weighted by atomic mass is 19.4. The van der Waals surface area contributed by atoms with Crippen LogP contribution in [-0.2, 0) is 0 Å². The highest BCUT2D eigenvalue weighted by molar-refractivity contribution is 5.88. The van der Waals surface area contributed by atoms with Gasteiger partial charge in [0.2, 0.25) is 0 Å². The Hall–Kier alpha value is -2.37. The molecule has 2 aromatic rings. The summed E-state index contributed by atoms with van der Waals surface area (Å²) in [6.07, 6.45) is -2.66. The molecule has 0 N–H and O–H groups in total. The zero-order chi connectivity index (χ0) is 14.8. The zero-order valence-corrected chi connectivity index (χ0v) is 10.4. The van der Waals surface area contributed by atoms with Crippen LogP contribution in [0.4, 0.5) is 13.2 Å². The fourth-order valence-corrected chi connectivity index (χ4v) is 1.80. The van der Waals surface area contributed by atoms with Gasteiger partial charge >= 0.3 is 6.36 Å². The monoisotopic (exact) mass is 281 g/mol. The van der Waals surface area contributed by atoms with Crippen LogP contribution in [0.5, 0.6) is 5.75 Å². The van der Waals surface area contributed by atoms with E-state index in [0.717, 1.165) is 6.07 Å². The predicted molar refractivity (Wildman–Crippen MR) is 66.5 cm³/mol. The second-order valence-corrected chi connectivity index (χ2v) is 4.10. The van der Waals surface area contributed by atoms with Crippen LogP contribution >= 0.6 is 0 Å². The summed E-state index contributed by atoms with van der Waals surface area (Å²) in [5, 5.41) is 0. The molecule has 1 aromatic carbocycles. The Morgan fingerprint density at radius 2 is 1.95 bits per heavy atom. The van der Waals surface area contributed by atoms with Crippen molar-refractivity contribution in [2.45, 2.75) is 13.3 Å². The summed E-state index contributed by atoms with van der Waals surface area (Å²) < 4.78 is 40.5. The number of aromatic nitrogens is 1. The Kier molecular flexibility index (Phi) is 3.74. The van der Waals surface area contributed by atoms with Gasteiger partial charge in [-0.05, 0) is 48.4 Å². The number of carbonyl (C=O) groups excluding carboxylic acids is 1. The van der Waals surface area contributed by atoms with Crippen LogP contribution in [0.1, 0.15) is 16.1 Å². The van der Waals surface area contributed by atoms with Gasteiger partial charge in [0.1, 0.15) is 5.75 Å². The van der Waals surface area contributed by atoms with Gasteiger partial charge in [0.15, 0.2) is 6.29 Å². The molecule has 0 unspecified atom stereocenters. The first kappa shape index (κ1) is 14.0. The second-order valence-electron chi connectivity index (χ2n) is 4.10. The number of nitrogens with zero attached hydrogens (tertiary/aromatic N) is 1. The third-order valence-electron chi connectivity index (χ3n) is 2.59. The number of benzene rings is 1. The van der Waals surface area contributed by atoms with Crippen LogP contribution in [0.3, 0.4) is 0 Å². The van der Waals surface area contributed by atoms with E-state index in [1.165, 1.54) is 18.3 Å². The maximum absolute atomic E-state index is 12.2. The van der Waals surface area contributed by atoms with E-state index in [-0.39, 0.29) is 11.3 Å². The van der Waals surface area contributed by atoms with Gasteiger partial charge in [0.25, 0.3) is 0 Å². The Balaban J connectivity index is 2.49. The molecule has 0 aliphatic carbocycles. The average Bonchev–Trinajstić information content (AvgIpc) is 2.37. The van der Waals surface area contributed by atoms with E-state index in [2.05, 4.69) is 9.72 Å². The standard InChI is InChI=1S/C14H10F3NO2/c1-9-6-10(4-5-18-9)13-7-12(20-14(15,16)17)3-2-11(13)8-19/h2-8H,1H3. The summed E-state index contributed by atoms with van der Waals surface area (Å²) in [6, 6.07) is 6.88. The zero-order valence-electron chi connectivity index (χ0n) is 10.4. The molecule has 1 aromatic heterocycles. The van der Waals surface area contributed by atoms with Gasteiger partial charge in [-0.3, -0.25) is 9.78 Å². The van der Waals surface area contributed by atoms with Crippen molar-refractivity contribution in [3.05, 3.63) is 47.8 Å². The van der Waals surface area contributed by atoms with E-state index in [1.54, 1.807) is 19.1 Å². The minimum atomic E-state index is -4.77. The topological polar surface area (TPSA) is 39.2 Å². The van der Waals surface area contributed by atoms with Crippen LogP contribution in [0.15, 0.2) is 36.5 Å². The Bertz CT molecular complexity index is 639. The molecular formula is C14H10F3NO2. The number of pyridine rings is 1. The lowest BCUT2D eigenvalue weighted by atomic mass is 10.0. The molecule has 0 radical (unpaired) electrons. The van der Waals surface area contributed by atoms with Gasteiger partial charge in [0.05, 0.1) is 0 Å². The molecule has 0 atom stereocenters. The molecule has 0 fully saturated rings. The van der Waals surface area contributed by atoms with Crippen molar-refractivity contribution >= 4 is 6.29 Å². The van der Waals surface area contributed by atoms with E-state index >= 15 is 0 Å². The molecule has 0 aliphatic heterocycles. The summed E-state index contributed by atoms with van der Waals surface area (Å²) in [4.78, 5) is 15.0. The van der Waals surface area contributed by atoms with Crippen molar-refractivity contribution in [1.29, 1.82) is 0 Å². The SMILES string of the molecule is Cc1cc(-c2cc(OC(F)(F)F)ccc2C=O)ccn1. The number of aldehydes is 1. The molecule has 1 heterocycles. The predicted octanol–water partition coefficient (Wildman–Crippen LogP) is 3.77. The van der Waals surface area contributed by atoms with Gasteiger partial charge in [-0.15, -0.1) is 13.2 Å². The average molecular weight is 281 g/mol. The first-order chi connectivity index (χ1) is 9.39. The molecule has 0 saturated carbocycles. The largest absolute Gasteiger partial charge is 0.573 e. The lowest BCUT2D eigenvalue weighted by Gasteiger charge is -2.12. The fourth-order valence-electron chi connectivity index (χ4n) is 1.80. The van der Waals surface area contributed by atoms with E-state index in [4.69, 9.17) is 0 Å². The number of carbonyl (C=O) groups is 1. The molecule has 6 heteroatoms. The van der Waals surface area contributed by atoms with Crippen molar-refractivity contribution in [2.75, 3.05) is 0 Å². The highest BCUT2D eigenvalue weighted by Crippen LogP contribution is 2.30. The van der Waals surface area contributed by atoms with Crippen LogP contribution in [0, 0.1) is 6.92 Å². The van der Waals surface area contributed by atoms with Crippen molar-refractivity contribution in [3.63, 3.8) is 0 Å². The number of hydrogen-bond acceptors (Lipinski definition) is 3. The quantitative estimate of drug-likeness (QED) is 0.804. The van der Waals surface area contributed by atoms with E-state index < -0.39 is 6.36 Å². The third kappa shape index (κ3) is 3.34. The maximum Gasteiger partial charge on any atom is 0.573 e. The van der Waals surface area contributed by atoms with Crippen molar-refractivity contribution in [2.24, 2.45) is 0 Å². The summed E-state index contributed by atoms with van der Waals surface area (Å²) in [5.74, 6) is -0.368. The lowest BCUT2D eigenvalue weighted by Crippen LogP contribution is -2.17. The fraction of sp³-hybridized carbons (Fsp3) is 0.143. The normalized spacial score (nSPS) is 11.2. The summed E-state index contributed by atoms with van der Waals surface area (Å²) in [6.45, 7) is 1.75. The first-order valence-electron chi connectivity index (χ1n) is 5.67. The molecule has 2 rings (SSSR count). The number of aryl methyl sites for hydroxylation is 1. The number of rotatable bonds is 3. The van der Waals surface area contributed by atoms with Gasteiger partial charge in [0, 0.05) is 17.5 Å². The van der Waals surface area contributed by atoms with E-state index in [9.17, 15) is 18.0 Å². The van der Waals surface area contributed by atoms with Gasteiger partial charge in [-0.1, -0.05) is 0 Å². The maximum atomic E-state index is 12.2. The van der Waals surface area contributed by atoms with Crippen LogP contribution < -0.4 is 4.74 Å². The van der Waals surface area contributed by atoms with Crippen LogP contribution in [0.2, 0.25) is 0 Å². The third-order valence-corrected chi connectivity index (χ3v) is 2.59. The van der Waals surface area contributed by atoms with Crippen molar-refractivity contribution < 1.29 is 22.7 Å². The smallest absolute Gasteiger partial charge is 0.406 e. The summed E-state index contributed by atoms with van der Waals surface area (Å²) in [7, 11) is 0. The summed E-state index contributed by atoms with van der Waals surface area (Å²) >= 11 is 0. The molecule has 0 bridgehead atoms. The molecule has 20 heavy (non-hydrogen) atoms. The Morgan fingerprint density at radius 1 is 1.20 bits per heavy atom. The van der Waals surface area contributed by atoms with Gasteiger partial charge in [-0.2, -0.15) is 0 Å². The molecule has 0 amide bonds. The molecule has 0 spiro atoms. The van der Waals surface area contributed by atoms with E-state index in [0.29, 0.717) is 23.1 Å². The number of hydrogen-bond donors (Lipinski definition) is 0. The lowest BCUT2D eigenvalue weighted by molar-refractivity contribution is -0.274. The highest BCUT2D eigenvalue weighted by Gasteiger charge is 2.31. The van der Waals surface area contributed by atoms with Crippen LogP contribution in [0.25, 0.3) is 11.1 Å². The number of halogens is 3.